The summed E-state index contributed by atoms with van der Waals surface area (Å²) < 4.78 is 0. The van der Waals surface area contributed by atoms with Crippen molar-refractivity contribution in [2.75, 3.05) is 9.80 Å². The van der Waals surface area contributed by atoms with Crippen molar-refractivity contribution in [3.63, 3.8) is 0 Å². The zero-order valence-electron chi connectivity index (χ0n) is 40.5. The van der Waals surface area contributed by atoms with E-state index in [0.29, 0.717) is 0 Å². The maximum absolute atomic E-state index is 2.71. The monoisotopic (exact) mass is 873 g/mol. The molecule has 0 bridgehead atoms. The Morgan fingerprint density at radius 1 is 0.358 bits per heavy atom. The topological polar surface area (TPSA) is 6.48 Å². The van der Waals surface area contributed by atoms with Crippen LogP contribution in [0.4, 0.5) is 22.7 Å². The summed E-state index contributed by atoms with van der Waals surface area (Å²) in [5.41, 5.74) is 19.3. The molecule has 2 fully saturated rings. The van der Waals surface area contributed by atoms with Crippen molar-refractivity contribution in [3.05, 3.63) is 180 Å². The molecule has 13 rings (SSSR count). The van der Waals surface area contributed by atoms with E-state index < -0.39 is 0 Å². The summed E-state index contributed by atoms with van der Waals surface area (Å²) in [5, 5.41) is 5.42. The molecule has 334 valence electrons. The molecule has 67 heavy (non-hydrogen) atoms. The van der Waals surface area contributed by atoms with Gasteiger partial charge >= 0.3 is 0 Å². The lowest BCUT2D eigenvalue weighted by atomic mass is 9.66. The molecule has 2 nitrogen and oxygen atoms in total. The number of hydrogen-bond donors (Lipinski definition) is 0. The number of rotatable bonds is 4. The highest BCUT2D eigenvalue weighted by molar-refractivity contribution is 6.19. The van der Waals surface area contributed by atoms with Crippen LogP contribution in [0.5, 0.6) is 0 Å². The zero-order valence-corrected chi connectivity index (χ0v) is 40.5. The second kappa shape index (κ2) is 14.4. The Labute approximate surface area is 398 Å². The molecule has 8 aromatic carbocycles. The van der Waals surface area contributed by atoms with Gasteiger partial charge < -0.3 is 9.80 Å². The molecule has 0 aromatic heterocycles. The molecule has 8 aromatic rings. The fraction of sp³-hybridized carbons (Fsp3) is 0.323. The largest absolute Gasteiger partial charge is 0.334 e. The van der Waals surface area contributed by atoms with Crippen molar-refractivity contribution in [1.29, 1.82) is 0 Å². The van der Waals surface area contributed by atoms with Gasteiger partial charge in [0.25, 0.3) is 0 Å². The smallest absolute Gasteiger partial charge is 0.0517 e. The Kier molecular flexibility index (Phi) is 8.86. The Morgan fingerprint density at radius 3 is 1.36 bits per heavy atom. The van der Waals surface area contributed by atoms with Crippen LogP contribution in [0.25, 0.3) is 54.9 Å². The number of anilines is 4. The first kappa shape index (κ1) is 41.1. The van der Waals surface area contributed by atoms with E-state index >= 15 is 0 Å². The van der Waals surface area contributed by atoms with Gasteiger partial charge in [-0.1, -0.05) is 163 Å². The van der Waals surface area contributed by atoms with Gasteiger partial charge in [-0.15, -0.1) is 0 Å². The summed E-state index contributed by atoms with van der Waals surface area (Å²) in [4.78, 5) is 5.41. The fourth-order valence-corrected chi connectivity index (χ4v) is 15.0. The van der Waals surface area contributed by atoms with Crippen LogP contribution in [0.1, 0.15) is 128 Å². The lowest BCUT2D eigenvalue weighted by Gasteiger charge is -2.46. The Bertz CT molecular complexity index is 3310. The second-order valence-electron chi connectivity index (χ2n) is 22.6. The number of para-hydroxylation sites is 2. The molecule has 5 aliphatic rings. The number of benzene rings is 8. The summed E-state index contributed by atoms with van der Waals surface area (Å²) in [6.07, 6.45) is 12.6. The first-order valence-electron chi connectivity index (χ1n) is 25.6. The maximum Gasteiger partial charge on any atom is 0.0517 e. The highest BCUT2D eigenvalue weighted by atomic mass is 15.3. The molecule has 0 radical (unpaired) electrons. The van der Waals surface area contributed by atoms with Gasteiger partial charge in [-0.2, -0.15) is 0 Å². The fourth-order valence-electron chi connectivity index (χ4n) is 15.0. The van der Waals surface area contributed by atoms with Gasteiger partial charge in [-0.05, 0) is 177 Å². The van der Waals surface area contributed by atoms with Crippen molar-refractivity contribution in [2.24, 2.45) is 0 Å². The van der Waals surface area contributed by atoms with E-state index in [4.69, 9.17) is 0 Å². The van der Waals surface area contributed by atoms with E-state index in [1.165, 1.54) is 164 Å². The molecule has 3 aliphatic carbocycles. The summed E-state index contributed by atoms with van der Waals surface area (Å²) in [5.74, 6) is 0. The molecule has 2 heteroatoms. The molecule has 4 atom stereocenters. The van der Waals surface area contributed by atoms with Crippen LogP contribution in [0.3, 0.4) is 0 Å². The first-order chi connectivity index (χ1) is 32.5. The molecule has 2 heterocycles. The van der Waals surface area contributed by atoms with Crippen molar-refractivity contribution in [1.82, 2.24) is 0 Å². The van der Waals surface area contributed by atoms with Gasteiger partial charge in [0.05, 0.1) is 11.1 Å². The van der Waals surface area contributed by atoms with Crippen LogP contribution >= 0.6 is 0 Å². The van der Waals surface area contributed by atoms with Crippen molar-refractivity contribution in [2.45, 2.75) is 133 Å². The molecular formula is C65H64N2. The molecule has 0 N–H and O–H groups in total. The minimum Gasteiger partial charge on any atom is -0.334 e. The van der Waals surface area contributed by atoms with Gasteiger partial charge in [0.2, 0.25) is 0 Å². The predicted octanol–water partition coefficient (Wildman–Crippen LogP) is 17.9. The third kappa shape index (κ3) is 5.51. The molecular weight excluding hydrogens is 809 g/mol. The molecule has 2 saturated carbocycles. The number of hydrogen-bond acceptors (Lipinski definition) is 2. The van der Waals surface area contributed by atoms with E-state index in [-0.39, 0.29) is 27.3 Å². The molecule has 4 unspecified atom stereocenters. The quantitative estimate of drug-likeness (QED) is 0.163. The van der Waals surface area contributed by atoms with Crippen LogP contribution in [0, 0.1) is 0 Å². The highest BCUT2D eigenvalue weighted by Gasteiger charge is 2.58. The average Bonchev–Trinajstić information content (AvgIpc) is 3.64. The SMILES string of the molecule is CC1(C)c2cc(-c3ccc4c(c3)C3(C)CCCCCC3(C)N4c3ccccc3)ccc2-c2c1c1ccc(-c3ccc4c(c3)C3(C)CCCCCC3(C)N4c3ccccc3)cc1c1ccccc21. The first-order valence-corrected chi connectivity index (χ1v) is 25.6. The van der Waals surface area contributed by atoms with E-state index in [0.717, 1.165) is 0 Å². The van der Waals surface area contributed by atoms with Gasteiger partial charge in [0.1, 0.15) is 0 Å². The van der Waals surface area contributed by atoms with Crippen LogP contribution in [-0.2, 0) is 16.2 Å². The van der Waals surface area contributed by atoms with Gasteiger partial charge in [-0.3, -0.25) is 0 Å². The van der Waals surface area contributed by atoms with Crippen LogP contribution in [0.15, 0.2) is 158 Å². The summed E-state index contributed by atoms with van der Waals surface area (Å²) >= 11 is 0. The molecule has 0 saturated heterocycles. The summed E-state index contributed by atoms with van der Waals surface area (Å²) in [6.45, 7) is 15.2. The van der Waals surface area contributed by atoms with Gasteiger partial charge in [0, 0.05) is 39.0 Å². The molecule has 0 spiro atoms. The maximum atomic E-state index is 2.71. The summed E-state index contributed by atoms with van der Waals surface area (Å²) in [6, 6.07) is 61.3. The minimum absolute atomic E-state index is 0.0188. The third-order valence-corrected chi connectivity index (χ3v) is 19.0. The van der Waals surface area contributed by atoms with Crippen LogP contribution in [0.2, 0.25) is 0 Å². The summed E-state index contributed by atoms with van der Waals surface area (Å²) in [7, 11) is 0. The van der Waals surface area contributed by atoms with Gasteiger partial charge in [-0.25, -0.2) is 0 Å². The molecule has 0 amide bonds. The van der Waals surface area contributed by atoms with E-state index in [1.807, 2.05) is 0 Å². The van der Waals surface area contributed by atoms with E-state index in [9.17, 15) is 0 Å². The standard InChI is InChI=1S/C65H64N2/c1-61(2)54-40-44(46-30-34-58-56(42-46)63(4)36-18-10-20-38-65(63,6)67(58)48-23-13-8-14-24-48)28-32-52(54)59-50-26-16-15-25-49(50)53-39-43(27-31-51(53)60(59)61)45-29-33-57-55(41-45)62(3)35-17-9-19-37-64(62,5)66(57)47-21-11-7-12-22-47/h7-8,11-16,21-34,39-42H,9-10,17-20,35-38H2,1-6H3. The van der Waals surface area contributed by atoms with Crippen molar-refractivity contribution in [3.8, 4) is 33.4 Å². The van der Waals surface area contributed by atoms with Crippen molar-refractivity contribution < 1.29 is 0 Å². The van der Waals surface area contributed by atoms with E-state index in [1.54, 1.807) is 0 Å². The Balaban J connectivity index is 0.924. The Hall–Kier alpha value is -6.12. The third-order valence-electron chi connectivity index (χ3n) is 19.0. The van der Waals surface area contributed by atoms with Crippen LogP contribution in [-0.4, -0.2) is 11.1 Å². The average molecular weight is 873 g/mol. The Morgan fingerprint density at radius 2 is 0.806 bits per heavy atom. The van der Waals surface area contributed by atoms with Gasteiger partial charge in [0.15, 0.2) is 0 Å². The minimum atomic E-state index is -0.190. The lowest BCUT2D eigenvalue weighted by molar-refractivity contribution is 0.261. The van der Waals surface area contributed by atoms with Crippen LogP contribution < -0.4 is 9.80 Å². The lowest BCUT2D eigenvalue weighted by Crippen LogP contribution is -2.52. The zero-order chi connectivity index (χ0) is 45.5. The second-order valence-corrected chi connectivity index (χ2v) is 22.6. The van der Waals surface area contributed by atoms with Crippen molar-refractivity contribution >= 4 is 44.3 Å². The molecule has 2 aliphatic heterocycles. The number of nitrogens with zero attached hydrogens (tertiary/aromatic N) is 2. The normalized spacial score (nSPS) is 25.8. The van der Waals surface area contributed by atoms with E-state index in [2.05, 4.69) is 209 Å². The highest BCUT2D eigenvalue weighted by Crippen LogP contribution is 2.63. The number of fused-ring (bicyclic) bond motifs is 14. The predicted molar refractivity (Wildman–Crippen MR) is 285 cm³/mol.